The topological polar surface area (TPSA) is 66.6 Å². The van der Waals surface area contributed by atoms with E-state index in [4.69, 9.17) is 33.3 Å². The molecule has 8 heteroatoms. The Balaban J connectivity index is 1.95. The Morgan fingerprint density at radius 3 is 2.39 bits per heavy atom. The largest absolute Gasteiger partial charge is 0.396 e. The quantitative estimate of drug-likeness (QED) is 0.233. The first-order valence-electron chi connectivity index (χ1n) is 9.60. The molecule has 0 radical (unpaired) electrons. The molecule has 4 rings (SSSR count). The predicted octanol–water partition coefficient (Wildman–Crippen LogP) is 5.69. The van der Waals surface area contributed by atoms with E-state index in [0.717, 1.165) is 26.1 Å². The number of nitrogens with zero attached hydrogens (tertiary/aromatic N) is 2. The summed E-state index contributed by atoms with van der Waals surface area (Å²) in [5.74, 6) is -0.289. The summed E-state index contributed by atoms with van der Waals surface area (Å²) < 4.78 is 2.96. The molecule has 0 aliphatic carbocycles. The second kappa shape index (κ2) is 9.56. The van der Waals surface area contributed by atoms with Crippen LogP contribution in [0.1, 0.15) is 16.8 Å². The van der Waals surface area contributed by atoms with Crippen molar-refractivity contribution in [3.8, 4) is 22.5 Å². The summed E-state index contributed by atoms with van der Waals surface area (Å²) in [5, 5.41) is 12.9. The molecule has 0 saturated carbocycles. The number of aromatic nitrogens is 2. The summed E-state index contributed by atoms with van der Waals surface area (Å²) >= 11 is 14.8. The summed E-state index contributed by atoms with van der Waals surface area (Å²) in [6, 6.07) is 17.1. The highest BCUT2D eigenvalue weighted by Crippen LogP contribution is 2.35. The molecule has 0 fully saturated rings. The van der Waals surface area contributed by atoms with Crippen LogP contribution in [0.2, 0.25) is 10.0 Å². The first-order chi connectivity index (χ1) is 15.0. The molecule has 0 aliphatic heterocycles. The first-order valence-corrected chi connectivity index (χ1v) is 11.4. The van der Waals surface area contributed by atoms with Crippen molar-refractivity contribution in [3.05, 3.63) is 80.0 Å². The molecule has 5 nitrogen and oxygen atoms in total. The van der Waals surface area contributed by atoms with E-state index in [-0.39, 0.29) is 12.5 Å². The Kier molecular flexibility index (Phi) is 6.81. The second-order valence-corrected chi connectivity index (χ2v) is 9.04. The smallest absolute Gasteiger partial charge is 0.255 e. The van der Waals surface area contributed by atoms with Crippen molar-refractivity contribution < 1.29 is 9.90 Å². The Bertz CT molecular complexity index is 1240. The highest BCUT2D eigenvalue weighted by Gasteiger charge is 2.21. The molecule has 0 saturated heterocycles. The number of carbonyl (C=O) groups is 1. The fraction of sp³-hybridized carbons (Fsp3) is 0.130. The number of carbonyl (C=O) groups excluding carboxylic acids is 1. The van der Waals surface area contributed by atoms with Crippen LogP contribution >= 0.6 is 45.8 Å². The van der Waals surface area contributed by atoms with Gasteiger partial charge in [0.1, 0.15) is 0 Å². The lowest BCUT2D eigenvalue weighted by atomic mass is 10.1. The summed E-state index contributed by atoms with van der Waals surface area (Å²) in [6.07, 6.45) is 2.23. The molecule has 1 amide bonds. The summed E-state index contributed by atoms with van der Waals surface area (Å²) in [7, 11) is 0. The molecular formula is C23H18Cl2IN3O2. The van der Waals surface area contributed by atoms with Crippen LogP contribution in [-0.4, -0.2) is 33.6 Å². The Hall–Kier alpha value is -2.13. The van der Waals surface area contributed by atoms with Gasteiger partial charge >= 0.3 is 0 Å². The van der Waals surface area contributed by atoms with Crippen LogP contribution < -0.4 is 5.32 Å². The zero-order valence-electron chi connectivity index (χ0n) is 16.3. The van der Waals surface area contributed by atoms with Crippen molar-refractivity contribution in [1.82, 2.24) is 14.7 Å². The van der Waals surface area contributed by atoms with Crippen LogP contribution in [0.4, 0.5) is 0 Å². The highest BCUT2D eigenvalue weighted by atomic mass is 127. The van der Waals surface area contributed by atoms with Crippen molar-refractivity contribution in [2.24, 2.45) is 0 Å². The number of benzene rings is 2. The molecular weight excluding hydrogens is 548 g/mol. The van der Waals surface area contributed by atoms with E-state index in [0.29, 0.717) is 34.2 Å². The van der Waals surface area contributed by atoms with Gasteiger partial charge in [-0.3, -0.25) is 9.20 Å². The lowest BCUT2D eigenvalue weighted by molar-refractivity contribution is 0.0952. The molecule has 2 aromatic carbocycles. The zero-order valence-corrected chi connectivity index (χ0v) is 19.9. The predicted molar refractivity (Wildman–Crippen MR) is 133 cm³/mol. The molecule has 2 heterocycles. The SMILES string of the molecule is O=C(NCCCO)c1cc(Cl)cn2c(-c3ccc(Cl)cc3)c(-c3ccc(I)cc3)nc12. The van der Waals surface area contributed by atoms with Crippen LogP contribution in [0.3, 0.4) is 0 Å². The minimum absolute atomic E-state index is 0.00623. The van der Waals surface area contributed by atoms with E-state index in [2.05, 4.69) is 27.9 Å². The molecule has 31 heavy (non-hydrogen) atoms. The third-order valence-electron chi connectivity index (χ3n) is 4.79. The van der Waals surface area contributed by atoms with Gasteiger partial charge in [-0.1, -0.05) is 47.5 Å². The number of nitrogens with one attached hydrogen (secondary N) is 1. The lowest BCUT2D eigenvalue weighted by Crippen LogP contribution is -2.25. The Morgan fingerprint density at radius 2 is 1.71 bits per heavy atom. The molecule has 2 N–H and O–H groups in total. The van der Waals surface area contributed by atoms with Crippen LogP contribution in [0.5, 0.6) is 0 Å². The van der Waals surface area contributed by atoms with Crippen LogP contribution in [0, 0.1) is 3.57 Å². The first kappa shape index (κ1) is 22.1. The number of pyridine rings is 1. The van der Waals surface area contributed by atoms with E-state index in [1.165, 1.54) is 0 Å². The Labute approximate surface area is 203 Å². The summed E-state index contributed by atoms with van der Waals surface area (Å²) in [6.45, 7) is 0.370. The maximum Gasteiger partial charge on any atom is 0.255 e. The molecule has 0 atom stereocenters. The van der Waals surface area contributed by atoms with Crippen LogP contribution in [0.15, 0.2) is 60.8 Å². The Morgan fingerprint density at radius 1 is 1.03 bits per heavy atom. The number of rotatable bonds is 6. The molecule has 2 aromatic heterocycles. The molecule has 0 bridgehead atoms. The van der Waals surface area contributed by atoms with Crippen LogP contribution in [-0.2, 0) is 0 Å². The molecule has 0 aliphatic rings. The molecule has 4 aromatic rings. The number of fused-ring (bicyclic) bond motifs is 1. The number of imidazole rings is 1. The number of hydrogen-bond acceptors (Lipinski definition) is 3. The summed E-state index contributed by atoms with van der Waals surface area (Å²) in [4.78, 5) is 17.7. The van der Waals surface area contributed by atoms with Crippen molar-refractivity contribution >= 4 is 57.3 Å². The van der Waals surface area contributed by atoms with E-state index < -0.39 is 0 Å². The standard InChI is InChI=1S/C23H18Cl2IN3O2/c24-16-6-2-15(3-7-16)21-20(14-4-8-18(26)9-5-14)28-22-19(12-17(25)13-29(21)22)23(31)27-10-1-11-30/h2-9,12-13,30H,1,10-11H2,(H,27,31). The van der Waals surface area contributed by atoms with Gasteiger partial charge in [0, 0.05) is 39.1 Å². The average molecular weight is 566 g/mol. The summed E-state index contributed by atoms with van der Waals surface area (Å²) in [5.41, 5.74) is 4.27. The van der Waals surface area contributed by atoms with Crippen molar-refractivity contribution in [2.45, 2.75) is 6.42 Å². The lowest BCUT2D eigenvalue weighted by Gasteiger charge is -2.09. The fourth-order valence-corrected chi connectivity index (χ4v) is 4.04. The van der Waals surface area contributed by atoms with E-state index in [1.807, 2.05) is 52.9 Å². The van der Waals surface area contributed by atoms with Gasteiger partial charge < -0.3 is 10.4 Å². The number of aliphatic hydroxyl groups excluding tert-OH is 1. The molecule has 158 valence electrons. The second-order valence-electron chi connectivity index (χ2n) is 6.92. The monoisotopic (exact) mass is 565 g/mol. The number of amides is 1. The van der Waals surface area contributed by atoms with Crippen molar-refractivity contribution in [2.75, 3.05) is 13.2 Å². The minimum Gasteiger partial charge on any atom is -0.396 e. The average Bonchev–Trinajstić information content (AvgIpc) is 3.13. The van der Waals surface area contributed by atoms with Gasteiger partial charge in [-0.25, -0.2) is 4.98 Å². The van der Waals surface area contributed by atoms with E-state index >= 15 is 0 Å². The number of aliphatic hydroxyl groups is 1. The molecule has 0 unspecified atom stereocenters. The molecule has 0 spiro atoms. The number of hydrogen-bond donors (Lipinski definition) is 2. The van der Waals surface area contributed by atoms with Crippen molar-refractivity contribution in [3.63, 3.8) is 0 Å². The van der Waals surface area contributed by atoms with Gasteiger partial charge in [0.15, 0.2) is 5.65 Å². The zero-order chi connectivity index (χ0) is 22.0. The van der Waals surface area contributed by atoms with Gasteiger partial charge in [-0.2, -0.15) is 0 Å². The van der Waals surface area contributed by atoms with E-state index in [9.17, 15) is 4.79 Å². The minimum atomic E-state index is -0.289. The highest BCUT2D eigenvalue weighted by molar-refractivity contribution is 14.1. The fourth-order valence-electron chi connectivity index (χ4n) is 3.35. The van der Waals surface area contributed by atoms with Gasteiger partial charge in [-0.05, 0) is 59.3 Å². The van der Waals surface area contributed by atoms with Gasteiger partial charge in [0.05, 0.1) is 22.0 Å². The van der Waals surface area contributed by atoms with Crippen molar-refractivity contribution in [1.29, 1.82) is 0 Å². The maximum absolute atomic E-state index is 12.8. The third kappa shape index (κ3) is 4.72. The van der Waals surface area contributed by atoms with E-state index in [1.54, 1.807) is 12.3 Å². The van der Waals surface area contributed by atoms with Crippen LogP contribution in [0.25, 0.3) is 28.2 Å². The van der Waals surface area contributed by atoms with Gasteiger partial charge in [0.25, 0.3) is 5.91 Å². The maximum atomic E-state index is 12.8. The normalized spacial score (nSPS) is 11.1. The van der Waals surface area contributed by atoms with Gasteiger partial charge in [-0.15, -0.1) is 0 Å². The number of halogens is 3. The third-order valence-corrected chi connectivity index (χ3v) is 5.96. The van der Waals surface area contributed by atoms with Gasteiger partial charge in [0.2, 0.25) is 0 Å².